The molecule has 4 atom stereocenters. The lowest BCUT2D eigenvalue weighted by Crippen LogP contribution is -2.42. The van der Waals surface area contributed by atoms with Crippen molar-refractivity contribution in [3.8, 4) is 0 Å². The second-order valence-corrected chi connectivity index (χ2v) is 10.6. The molecule has 0 aliphatic heterocycles. The van der Waals surface area contributed by atoms with Gasteiger partial charge in [-0.15, -0.1) is 13.2 Å². The van der Waals surface area contributed by atoms with E-state index in [1.807, 2.05) is 91.0 Å². The summed E-state index contributed by atoms with van der Waals surface area (Å²) in [5.41, 5.74) is 2.76. The van der Waals surface area contributed by atoms with Gasteiger partial charge in [-0.2, -0.15) is 0 Å². The monoisotopic (exact) mass is 582 g/mol. The number of esters is 1. The van der Waals surface area contributed by atoms with Gasteiger partial charge < -0.3 is 20.5 Å². The smallest absolute Gasteiger partial charge is 0.310 e. The predicted octanol–water partition coefficient (Wildman–Crippen LogP) is 5.12. The van der Waals surface area contributed by atoms with Gasteiger partial charge in [-0.25, -0.2) is 0 Å². The summed E-state index contributed by atoms with van der Waals surface area (Å²) < 4.78 is 5.99. The number of rotatable bonds is 18. The van der Waals surface area contributed by atoms with Crippen molar-refractivity contribution in [2.24, 2.45) is 11.8 Å². The normalized spacial score (nSPS) is 13.5. The number of ether oxygens (including phenoxy) is 1. The van der Waals surface area contributed by atoms with Crippen molar-refractivity contribution in [3.05, 3.63) is 133 Å². The second kappa shape index (κ2) is 18.1. The molecule has 0 spiro atoms. The number of nitrogens with one attached hydrogen (secondary N) is 2. The first-order valence-corrected chi connectivity index (χ1v) is 14.7. The number of hydrogen-bond acceptors (Lipinski definition) is 5. The predicted molar refractivity (Wildman–Crippen MR) is 169 cm³/mol. The Kier molecular flexibility index (Phi) is 13.9. The van der Waals surface area contributed by atoms with E-state index >= 15 is 0 Å². The van der Waals surface area contributed by atoms with E-state index in [-0.39, 0.29) is 43.8 Å². The van der Waals surface area contributed by atoms with Crippen LogP contribution in [-0.4, -0.2) is 42.1 Å². The molecule has 0 unspecified atom stereocenters. The summed E-state index contributed by atoms with van der Waals surface area (Å²) in [6.07, 6.45) is 4.25. The van der Waals surface area contributed by atoms with E-state index < -0.39 is 24.0 Å². The molecule has 0 aliphatic carbocycles. The minimum atomic E-state index is -0.719. The number of allylic oxidation sites excluding steroid dienone is 2. The lowest BCUT2D eigenvalue weighted by Gasteiger charge is -2.24. The molecule has 3 N–H and O–H groups in total. The number of carbonyl (C=O) groups is 3. The summed E-state index contributed by atoms with van der Waals surface area (Å²) in [5.74, 6) is -2.15. The van der Waals surface area contributed by atoms with Crippen LogP contribution in [0.5, 0.6) is 0 Å². The van der Waals surface area contributed by atoms with Crippen LogP contribution in [0.15, 0.2) is 116 Å². The Balaban J connectivity index is 1.64. The van der Waals surface area contributed by atoms with Crippen molar-refractivity contribution in [2.45, 2.75) is 44.2 Å². The molecule has 0 aromatic heterocycles. The maximum Gasteiger partial charge on any atom is 0.310 e. The molecule has 2 amide bonds. The van der Waals surface area contributed by atoms with Gasteiger partial charge >= 0.3 is 5.97 Å². The third-order valence-electron chi connectivity index (χ3n) is 7.17. The maximum absolute atomic E-state index is 13.3. The van der Waals surface area contributed by atoms with Gasteiger partial charge in [-0.05, 0) is 42.4 Å². The zero-order valence-electron chi connectivity index (χ0n) is 24.6. The lowest BCUT2D eigenvalue weighted by atomic mass is 9.96. The maximum atomic E-state index is 13.3. The fraction of sp³-hybridized carbons (Fsp3) is 0.306. The molecule has 7 heteroatoms. The van der Waals surface area contributed by atoms with Gasteiger partial charge in [-0.1, -0.05) is 103 Å². The van der Waals surface area contributed by atoms with Crippen LogP contribution in [0.4, 0.5) is 0 Å². The van der Waals surface area contributed by atoms with Crippen molar-refractivity contribution in [2.75, 3.05) is 13.2 Å². The van der Waals surface area contributed by atoms with Gasteiger partial charge in [0.15, 0.2) is 0 Å². The van der Waals surface area contributed by atoms with Gasteiger partial charge in [0.2, 0.25) is 11.8 Å². The van der Waals surface area contributed by atoms with E-state index in [9.17, 15) is 19.5 Å². The fourth-order valence-electron chi connectivity index (χ4n) is 4.89. The van der Waals surface area contributed by atoms with Crippen LogP contribution in [0.1, 0.15) is 42.1 Å². The zero-order chi connectivity index (χ0) is 30.9. The lowest BCUT2D eigenvalue weighted by molar-refractivity contribution is -0.154. The molecule has 0 heterocycles. The van der Waals surface area contributed by atoms with Crippen LogP contribution in [0.2, 0.25) is 0 Å². The first-order chi connectivity index (χ1) is 20.9. The molecule has 0 saturated carbocycles. The average Bonchev–Trinajstić information content (AvgIpc) is 3.03. The summed E-state index contributed by atoms with van der Waals surface area (Å²) in [7, 11) is 0. The molecule has 0 fully saturated rings. The van der Waals surface area contributed by atoms with Gasteiger partial charge in [0.1, 0.15) is 6.10 Å². The average molecular weight is 583 g/mol. The third-order valence-corrected chi connectivity index (χ3v) is 7.17. The number of benzene rings is 3. The molecule has 0 aliphatic rings. The number of amides is 2. The van der Waals surface area contributed by atoms with E-state index in [0.29, 0.717) is 19.3 Å². The van der Waals surface area contributed by atoms with Gasteiger partial charge in [0.25, 0.3) is 0 Å². The van der Waals surface area contributed by atoms with Crippen LogP contribution >= 0.6 is 0 Å². The van der Waals surface area contributed by atoms with Crippen LogP contribution in [0.25, 0.3) is 0 Å². The van der Waals surface area contributed by atoms with Crippen molar-refractivity contribution < 1.29 is 24.2 Å². The van der Waals surface area contributed by atoms with Gasteiger partial charge in [-0.3, -0.25) is 14.4 Å². The molecule has 43 heavy (non-hydrogen) atoms. The molecule has 3 rings (SSSR count). The van der Waals surface area contributed by atoms with Crippen molar-refractivity contribution in [1.29, 1.82) is 0 Å². The molecule has 7 nitrogen and oxygen atoms in total. The van der Waals surface area contributed by atoms with E-state index in [0.717, 1.165) is 16.7 Å². The number of carbonyl (C=O) groups excluding carboxylic acids is 3. The second-order valence-electron chi connectivity index (χ2n) is 10.6. The highest BCUT2D eigenvalue weighted by atomic mass is 16.5. The highest BCUT2D eigenvalue weighted by Gasteiger charge is 2.27. The highest BCUT2D eigenvalue weighted by molar-refractivity contribution is 5.86. The van der Waals surface area contributed by atoms with E-state index in [1.165, 1.54) is 0 Å². The summed E-state index contributed by atoms with van der Waals surface area (Å²) in [6, 6.07) is 28.1. The van der Waals surface area contributed by atoms with Crippen molar-refractivity contribution in [1.82, 2.24) is 10.6 Å². The van der Waals surface area contributed by atoms with E-state index in [1.54, 1.807) is 12.2 Å². The molecule has 0 radical (unpaired) electrons. The molecule has 0 saturated heterocycles. The zero-order valence-corrected chi connectivity index (χ0v) is 24.6. The summed E-state index contributed by atoms with van der Waals surface area (Å²) in [6.45, 7) is 7.38. The van der Waals surface area contributed by atoms with Crippen LogP contribution < -0.4 is 10.6 Å². The van der Waals surface area contributed by atoms with Gasteiger partial charge in [0, 0.05) is 6.42 Å². The standard InChI is InChI=1S/C36H42N2O5/c1-3-14-30(24-34(40)38-32(26-39)23-28-18-10-6-11-19-28)35(41)37-25-33(29-20-12-7-13-21-29)43-36(42)31(15-4-2)22-27-16-8-5-9-17-27/h3-13,16-21,30-33,39H,1-2,14-15,22-26H2,(H,37,41)(H,38,40)/t30-,31-,32-,33-/m1/s1. The Bertz CT molecular complexity index is 1300. The Morgan fingerprint density at radius 2 is 1.30 bits per heavy atom. The topological polar surface area (TPSA) is 105 Å². The summed E-state index contributed by atoms with van der Waals surface area (Å²) in [5, 5.41) is 15.5. The van der Waals surface area contributed by atoms with Gasteiger partial charge in [0.05, 0.1) is 31.0 Å². The fourth-order valence-corrected chi connectivity index (χ4v) is 4.89. The molecule has 0 bridgehead atoms. The summed E-state index contributed by atoms with van der Waals surface area (Å²) in [4.78, 5) is 39.5. The number of aliphatic hydroxyl groups excluding tert-OH is 1. The minimum absolute atomic E-state index is 0.0449. The van der Waals surface area contributed by atoms with Crippen LogP contribution in [0, 0.1) is 11.8 Å². The quantitative estimate of drug-likeness (QED) is 0.143. The Labute approximate surface area is 254 Å². The Morgan fingerprint density at radius 3 is 1.86 bits per heavy atom. The van der Waals surface area contributed by atoms with Crippen molar-refractivity contribution in [3.63, 3.8) is 0 Å². The first-order valence-electron chi connectivity index (χ1n) is 14.7. The van der Waals surface area contributed by atoms with E-state index in [2.05, 4.69) is 23.8 Å². The SMILES string of the molecule is C=CC[C@H](CC(=O)N[C@@H](CO)Cc1ccccc1)C(=O)NC[C@@H](OC(=O)[C@H](CC=C)Cc1ccccc1)c1ccccc1. The first kappa shape index (κ1) is 33.0. The van der Waals surface area contributed by atoms with Crippen molar-refractivity contribution >= 4 is 17.8 Å². The Morgan fingerprint density at radius 1 is 0.767 bits per heavy atom. The van der Waals surface area contributed by atoms with E-state index in [4.69, 9.17) is 4.74 Å². The largest absolute Gasteiger partial charge is 0.455 e. The van der Waals surface area contributed by atoms with Crippen LogP contribution in [-0.2, 0) is 32.0 Å². The molecular formula is C36H42N2O5. The number of hydrogen-bond donors (Lipinski definition) is 3. The van der Waals surface area contributed by atoms with Crippen LogP contribution in [0.3, 0.4) is 0 Å². The molecule has 226 valence electrons. The Hall–Kier alpha value is -4.49. The molecule has 3 aromatic rings. The summed E-state index contributed by atoms with van der Waals surface area (Å²) >= 11 is 0. The molecule has 3 aromatic carbocycles. The third kappa shape index (κ3) is 11.4. The highest BCUT2D eigenvalue weighted by Crippen LogP contribution is 2.22. The number of aliphatic hydroxyl groups is 1. The minimum Gasteiger partial charge on any atom is -0.455 e. The molecular weight excluding hydrogens is 540 g/mol.